The summed E-state index contributed by atoms with van der Waals surface area (Å²) < 4.78 is 10.7. The molecule has 2 aliphatic heterocycles. The van der Waals surface area contributed by atoms with Crippen LogP contribution in [0.25, 0.3) is 0 Å². The van der Waals surface area contributed by atoms with Crippen molar-refractivity contribution in [1.29, 1.82) is 0 Å². The Morgan fingerprint density at radius 3 is 2.69 bits per heavy atom. The van der Waals surface area contributed by atoms with Crippen LogP contribution in [-0.2, 0) is 9.53 Å². The Hall–Kier alpha value is -2.16. The second-order valence-electron chi connectivity index (χ2n) is 8.17. The van der Waals surface area contributed by atoms with E-state index in [0.29, 0.717) is 13.0 Å². The highest BCUT2D eigenvalue weighted by atomic mass is 16.6. The summed E-state index contributed by atoms with van der Waals surface area (Å²) in [5.41, 5.74) is -1.56. The lowest BCUT2D eigenvalue weighted by atomic mass is 9.83. The number of amides is 2. The Morgan fingerprint density at radius 2 is 2.19 bits per heavy atom. The van der Waals surface area contributed by atoms with Crippen LogP contribution in [0.5, 0.6) is 0 Å². The molecule has 2 fully saturated rings. The van der Waals surface area contributed by atoms with E-state index in [1.165, 1.54) is 4.90 Å². The highest BCUT2D eigenvalue weighted by Gasteiger charge is 2.64. The lowest BCUT2D eigenvalue weighted by Crippen LogP contribution is -2.74. The van der Waals surface area contributed by atoms with Gasteiger partial charge in [0.1, 0.15) is 17.2 Å². The van der Waals surface area contributed by atoms with E-state index in [1.807, 2.05) is 6.92 Å². The number of rotatable bonds is 3. The van der Waals surface area contributed by atoms with E-state index < -0.39 is 29.4 Å². The summed E-state index contributed by atoms with van der Waals surface area (Å²) in [5.74, 6) is -0.0464. The molecule has 4 atom stereocenters. The summed E-state index contributed by atoms with van der Waals surface area (Å²) in [5, 5.41) is 17.6. The average molecular weight is 366 g/mol. The Morgan fingerprint density at radius 1 is 1.50 bits per heavy atom. The summed E-state index contributed by atoms with van der Waals surface area (Å²) in [6.07, 6.45) is 1.08. The third-order valence-corrected chi connectivity index (χ3v) is 4.98. The van der Waals surface area contributed by atoms with Gasteiger partial charge in [-0.2, -0.15) is 0 Å². The maximum Gasteiger partial charge on any atom is 0.411 e. The fourth-order valence-corrected chi connectivity index (χ4v) is 3.88. The Labute approximate surface area is 152 Å². The lowest BCUT2D eigenvalue weighted by Gasteiger charge is -2.53. The standard InChI is InChI=1S/C17H26N4O5/c1-10-6-7-17(21(10)15(24)26-16(3,4)5)8-20(14(17)23)12(11(2)22)13-19-18-9-25-13/h9-12,22H,6-8H2,1-5H3. The average Bonchev–Trinajstić information content (AvgIpc) is 3.14. The van der Waals surface area contributed by atoms with Crippen LogP contribution in [0, 0.1) is 0 Å². The van der Waals surface area contributed by atoms with E-state index in [4.69, 9.17) is 9.15 Å². The quantitative estimate of drug-likeness (QED) is 0.807. The van der Waals surface area contributed by atoms with Gasteiger partial charge >= 0.3 is 6.09 Å². The molecule has 0 saturated carbocycles. The SMILES string of the molecule is CC(O)C(c1nnco1)N1CC2(CCC(C)N2C(=O)OC(C)(C)C)C1=O. The fourth-order valence-electron chi connectivity index (χ4n) is 3.88. The number of β-lactam (4-membered cyclic amide) rings is 1. The maximum atomic E-state index is 13.1. The molecule has 0 aliphatic carbocycles. The molecule has 0 bridgehead atoms. The van der Waals surface area contributed by atoms with E-state index in [-0.39, 0.29) is 17.8 Å². The number of aromatic nitrogens is 2. The first-order valence-corrected chi connectivity index (χ1v) is 8.84. The number of carbonyl (C=O) groups excluding carboxylic acids is 2. The number of ether oxygens (including phenoxy) is 1. The van der Waals surface area contributed by atoms with Gasteiger partial charge in [0, 0.05) is 6.04 Å². The van der Waals surface area contributed by atoms with Gasteiger partial charge in [0.25, 0.3) is 5.91 Å². The second-order valence-corrected chi connectivity index (χ2v) is 8.17. The van der Waals surface area contributed by atoms with Crippen molar-refractivity contribution >= 4 is 12.0 Å². The number of likely N-dealkylation sites (tertiary alicyclic amines) is 2. The number of aliphatic hydroxyl groups is 1. The molecule has 2 saturated heterocycles. The van der Waals surface area contributed by atoms with Crippen molar-refractivity contribution in [3.05, 3.63) is 12.3 Å². The number of carbonyl (C=O) groups is 2. The molecule has 1 N–H and O–H groups in total. The number of aliphatic hydroxyl groups excluding tert-OH is 1. The summed E-state index contributed by atoms with van der Waals surface area (Å²) in [7, 11) is 0. The molecule has 0 radical (unpaired) electrons. The van der Waals surface area contributed by atoms with E-state index in [0.717, 1.165) is 12.8 Å². The normalized spacial score (nSPS) is 28.2. The minimum atomic E-state index is -0.922. The molecular formula is C17H26N4O5. The number of hydrogen-bond donors (Lipinski definition) is 1. The molecule has 26 heavy (non-hydrogen) atoms. The van der Waals surface area contributed by atoms with Gasteiger partial charge in [-0.05, 0) is 47.5 Å². The van der Waals surface area contributed by atoms with Crippen LogP contribution in [0.2, 0.25) is 0 Å². The molecule has 9 heteroatoms. The minimum absolute atomic E-state index is 0.0932. The monoisotopic (exact) mass is 366 g/mol. The van der Waals surface area contributed by atoms with Crippen LogP contribution in [0.4, 0.5) is 4.79 Å². The van der Waals surface area contributed by atoms with Gasteiger partial charge < -0.3 is 19.2 Å². The third kappa shape index (κ3) is 2.94. The highest BCUT2D eigenvalue weighted by molar-refractivity contribution is 5.96. The molecule has 4 unspecified atom stereocenters. The van der Waals surface area contributed by atoms with Gasteiger partial charge in [-0.3, -0.25) is 9.69 Å². The van der Waals surface area contributed by atoms with E-state index in [1.54, 1.807) is 32.6 Å². The van der Waals surface area contributed by atoms with Crippen LogP contribution >= 0.6 is 0 Å². The van der Waals surface area contributed by atoms with Gasteiger partial charge in [0.05, 0.1) is 12.6 Å². The number of nitrogens with zero attached hydrogens (tertiary/aromatic N) is 4. The molecular weight excluding hydrogens is 340 g/mol. The molecule has 1 aromatic rings. The molecule has 9 nitrogen and oxygen atoms in total. The molecule has 1 aromatic heterocycles. The Balaban J connectivity index is 1.83. The lowest BCUT2D eigenvalue weighted by molar-refractivity contribution is -0.171. The second kappa shape index (κ2) is 6.22. The van der Waals surface area contributed by atoms with Crippen molar-refractivity contribution in [3.8, 4) is 0 Å². The smallest absolute Gasteiger partial charge is 0.411 e. The van der Waals surface area contributed by atoms with Gasteiger partial charge in [-0.25, -0.2) is 4.79 Å². The third-order valence-electron chi connectivity index (χ3n) is 4.98. The summed E-state index contributed by atoms with van der Waals surface area (Å²) in [6.45, 7) is 9.17. The Kier molecular flexibility index (Phi) is 4.46. The van der Waals surface area contributed by atoms with Crippen molar-refractivity contribution in [3.63, 3.8) is 0 Å². The number of hydrogen-bond acceptors (Lipinski definition) is 7. The Bertz CT molecular complexity index is 684. The topological polar surface area (TPSA) is 109 Å². The molecule has 1 spiro atoms. The first-order chi connectivity index (χ1) is 12.1. The molecule has 2 amide bonds. The van der Waals surface area contributed by atoms with Gasteiger partial charge in [0.2, 0.25) is 12.3 Å². The summed E-state index contributed by atoms with van der Waals surface area (Å²) >= 11 is 0. The predicted molar refractivity (Wildman–Crippen MR) is 89.9 cm³/mol. The maximum absolute atomic E-state index is 13.1. The van der Waals surface area contributed by atoms with Gasteiger partial charge in [-0.1, -0.05) is 0 Å². The van der Waals surface area contributed by atoms with Crippen LogP contribution in [0.15, 0.2) is 10.8 Å². The zero-order valence-corrected chi connectivity index (χ0v) is 15.8. The minimum Gasteiger partial charge on any atom is -0.444 e. The van der Waals surface area contributed by atoms with Crippen molar-refractivity contribution in [2.45, 2.75) is 76.8 Å². The van der Waals surface area contributed by atoms with Crippen molar-refractivity contribution < 1.29 is 23.8 Å². The van der Waals surface area contributed by atoms with Crippen LogP contribution < -0.4 is 0 Å². The molecule has 2 aliphatic rings. The van der Waals surface area contributed by atoms with Crippen molar-refractivity contribution in [2.24, 2.45) is 0 Å². The van der Waals surface area contributed by atoms with Crippen molar-refractivity contribution in [1.82, 2.24) is 20.0 Å². The van der Waals surface area contributed by atoms with Crippen molar-refractivity contribution in [2.75, 3.05) is 6.54 Å². The van der Waals surface area contributed by atoms with Gasteiger partial charge in [0.15, 0.2) is 0 Å². The van der Waals surface area contributed by atoms with E-state index in [9.17, 15) is 14.7 Å². The van der Waals surface area contributed by atoms with Crippen LogP contribution in [0.1, 0.15) is 59.4 Å². The fraction of sp³-hybridized carbons (Fsp3) is 0.765. The first kappa shape index (κ1) is 18.6. The first-order valence-electron chi connectivity index (χ1n) is 8.84. The summed E-state index contributed by atoms with van der Waals surface area (Å²) in [6, 6.07) is -0.823. The van der Waals surface area contributed by atoms with E-state index in [2.05, 4.69) is 10.2 Å². The zero-order valence-electron chi connectivity index (χ0n) is 15.8. The zero-order chi connectivity index (χ0) is 19.3. The van der Waals surface area contributed by atoms with Crippen LogP contribution in [-0.4, -0.2) is 66.9 Å². The van der Waals surface area contributed by atoms with Gasteiger partial charge in [-0.15, -0.1) is 10.2 Å². The largest absolute Gasteiger partial charge is 0.444 e. The molecule has 3 rings (SSSR count). The predicted octanol–water partition coefficient (Wildman–Crippen LogP) is 1.49. The summed E-state index contributed by atoms with van der Waals surface area (Å²) in [4.78, 5) is 28.9. The molecule has 0 aromatic carbocycles. The van der Waals surface area contributed by atoms with Crippen LogP contribution in [0.3, 0.4) is 0 Å². The highest BCUT2D eigenvalue weighted by Crippen LogP contribution is 2.46. The van der Waals surface area contributed by atoms with E-state index >= 15 is 0 Å². The molecule has 3 heterocycles. The molecule has 144 valence electrons.